The van der Waals surface area contributed by atoms with Crippen molar-refractivity contribution in [3.63, 3.8) is 0 Å². The van der Waals surface area contributed by atoms with Crippen molar-refractivity contribution in [3.8, 4) is 0 Å². The van der Waals surface area contributed by atoms with Crippen LogP contribution in [0.2, 0.25) is 0 Å². The van der Waals surface area contributed by atoms with E-state index in [1.807, 2.05) is 0 Å². The first-order valence-electron chi connectivity index (χ1n) is 8.80. The van der Waals surface area contributed by atoms with Crippen LogP contribution in [0.5, 0.6) is 0 Å². The Morgan fingerprint density at radius 3 is 2.15 bits per heavy atom. The molecule has 5 fully saturated rings. The van der Waals surface area contributed by atoms with Crippen LogP contribution in [0.3, 0.4) is 0 Å². The van der Waals surface area contributed by atoms with E-state index in [4.69, 9.17) is 4.74 Å². The summed E-state index contributed by atoms with van der Waals surface area (Å²) in [5.74, 6) is 3.19. The molecule has 4 bridgehead atoms. The molecule has 0 aromatic rings. The van der Waals surface area contributed by atoms with Crippen molar-refractivity contribution in [3.05, 3.63) is 12.2 Å². The summed E-state index contributed by atoms with van der Waals surface area (Å²) in [6.45, 7) is 2.94. The van der Waals surface area contributed by atoms with E-state index in [0.29, 0.717) is 11.5 Å². The van der Waals surface area contributed by atoms with Crippen LogP contribution in [0.1, 0.15) is 51.4 Å². The molecule has 0 unspecified atom stereocenters. The Bertz CT molecular complexity index is 334. The second kappa shape index (κ2) is 5.46. The van der Waals surface area contributed by atoms with Gasteiger partial charge in [-0.05, 0) is 74.5 Å². The molecule has 1 aliphatic heterocycles. The lowest BCUT2D eigenvalue weighted by atomic mass is 9.49. The van der Waals surface area contributed by atoms with Crippen molar-refractivity contribution < 1.29 is 4.74 Å². The Morgan fingerprint density at radius 1 is 0.950 bits per heavy atom. The van der Waals surface area contributed by atoms with Gasteiger partial charge in [-0.25, -0.2) is 0 Å². The van der Waals surface area contributed by atoms with Gasteiger partial charge < -0.3 is 10.1 Å². The van der Waals surface area contributed by atoms with Crippen LogP contribution < -0.4 is 5.32 Å². The Balaban J connectivity index is 1.31. The summed E-state index contributed by atoms with van der Waals surface area (Å²) in [4.78, 5) is 0. The SMILES string of the molecule is C(=C\C12CC3CC(CC(C3)C1)C2)/CNC1CCOCC1. The van der Waals surface area contributed by atoms with Gasteiger partial charge in [-0.3, -0.25) is 0 Å². The van der Waals surface area contributed by atoms with Crippen molar-refractivity contribution in [2.24, 2.45) is 23.2 Å². The third-order valence-corrected chi connectivity index (χ3v) is 6.30. The highest BCUT2D eigenvalue weighted by molar-refractivity contribution is 5.11. The largest absolute Gasteiger partial charge is 0.381 e. The first kappa shape index (κ1) is 13.3. The highest BCUT2D eigenvalue weighted by Crippen LogP contribution is 2.60. The van der Waals surface area contributed by atoms with Gasteiger partial charge in [0.25, 0.3) is 0 Å². The number of ether oxygens (including phenoxy) is 1. The quantitative estimate of drug-likeness (QED) is 0.793. The monoisotopic (exact) mass is 275 g/mol. The van der Waals surface area contributed by atoms with E-state index < -0.39 is 0 Å². The lowest BCUT2D eigenvalue weighted by Crippen LogP contribution is -2.45. The lowest BCUT2D eigenvalue weighted by Gasteiger charge is -2.56. The van der Waals surface area contributed by atoms with Gasteiger partial charge in [-0.1, -0.05) is 12.2 Å². The average Bonchev–Trinajstić information content (AvgIpc) is 2.43. The molecule has 0 atom stereocenters. The normalized spacial score (nSPS) is 44.5. The van der Waals surface area contributed by atoms with Gasteiger partial charge in [0, 0.05) is 25.8 Å². The molecular weight excluding hydrogens is 246 g/mol. The van der Waals surface area contributed by atoms with Crippen LogP contribution in [-0.4, -0.2) is 25.8 Å². The van der Waals surface area contributed by atoms with E-state index in [2.05, 4.69) is 17.5 Å². The lowest BCUT2D eigenvalue weighted by molar-refractivity contribution is -0.0238. The van der Waals surface area contributed by atoms with E-state index >= 15 is 0 Å². The standard InChI is InChI=1S/C18H29NO/c1(5-19-17-2-6-20-7-3-17)4-18-11-14-8-15(12-18)10-16(9-14)13-18/h1,4,14-17,19H,2-3,5-13H2/b4-1+. The zero-order chi connectivity index (χ0) is 13.4. The zero-order valence-corrected chi connectivity index (χ0v) is 12.7. The molecule has 2 nitrogen and oxygen atoms in total. The minimum absolute atomic E-state index is 0.603. The molecule has 112 valence electrons. The molecule has 5 aliphatic rings. The molecule has 20 heavy (non-hydrogen) atoms. The topological polar surface area (TPSA) is 21.3 Å². The highest BCUT2D eigenvalue weighted by Gasteiger charge is 2.49. The molecule has 0 radical (unpaired) electrons. The van der Waals surface area contributed by atoms with Crippen molar-refractivity contribution in [2.75, 3.05) is 19.8 Å². The van der Waals surface area contributed by atoms with Gasteiger partial charge in [-0.2, -0.15) is 0 Å². The first-order chi connectivity index (χ1) is 9.81. The summed E-state index contributed by atoms with van der Waals surface area (Å²) in [6, 6.07) is 0.685. The zero-order valence-electron chi connectivity index (χ0n) is 12.7. The summed E-state index contributed by atoms with van der Waals surface area (Å²) >= 11 is 0. The molecule has 5 rings (SSSR count). The summed E-state index contributed by atoms with van der Waals surface area (Å²) in [5, 5.41) is 3.69. The van der Waals surface area contributed by atoms with Gasteiger partial charge in [0.05, 0.1) is 0 Å². The van der Waals surface area contributed by atoms with E-state index in [1.54, 1.807) is 19.3 Å². The van der Waals surface area contributed by atoms with E-state index in [0.717, 1.165) is 37.5 Å². The Labute approximate surface area is 123 Å². The summed E-state index contributed by atoms with van der Waals surface area (Å²) in [6.07, 6.45) is 16.6. The molecule has 1 saturated heterocycles. The van der Waals surface area contributed by atoms with Crippen LogP contribution in [-0.2, 0) is 4.74 Å². The fourth-order valence-corrected chi connectivity index (χ4v) is 5.83. The number of rotatable bonds is 4. The second-order valence-corrected chi connectivity index (χ2v) is 7.98. The number of hydrogen-bond acceptors (Lipinski definition) is 2. The maximum Gasteiger partial charge on any atom is 0.0480 e. The Kier molecular flexibility index (Phi) is 3.64. The van der Waals surface area contributed by atoms with E-state index in [1.165, 1.54) is 32.1 Å². The maximum atomic E-state index is 5.41. The number of hydrogen-bond donors (Lipinski definition) is 1. The molecule has 1 heterocycles. The molecule has 0 aromatic carbocycles. The molecule has 0 amide bonds. The molecule has 0 aromatic heterocycles. The minimum Gasteiger partial charge on any atom is -0.381 e. The second-order valence-electron chi connectivity index (χ2n) is 7.98. The predicted octanol–water partition coefficient (Wildman–Crippen LogP) is 3.53. The van der Waals surface area contributed by atoms with E-state index in [-0.39, 0.29) is 0 Å². The van der Waals surface area contributed by atoms with Crippen molar-refractivity contribution in [1.82, 2.24) is 5.32 Å². The average molecular weight is 275 g/mol. The fraction of sp³-hybridized carbons (Fsp3) is 0.889. The van der Waals surface area contributed by atoms with Crippen LogP contribution in [0, 0.1) is 23.2 Å². The van der Waals surface area contributed by atoms with Crippen molar-refractivity contribution in [2.45, 2.75) is 57.4 Å². The predicted molar refractivity (Wildman–Crippen MR) is 81.6 cm³/mol. The van der Waals surface area contributed by atoms with Gasteiger partial charge in [0.1, 0.15) is 0 Å². The van der Waals surface area contributed by atoms with Crippen LogP contribution in [0.4, 0.5) is 0 Å². The van der Waals surface area contributed by atoms with Gasteiger partial charge in [0.15, 0.2) is 0 Å². The number of nitrogens with one attached hydrogen (secondary N) is 1. The number of allylic oxidation sites excluding steroid dienone is 1. The third-order valence-electron chi connectivity index (χ3n) is 6.30. The van der Waals surface area contributed by atoms with Gasteiger partial charge in [0.2, 0.25) is 0 Å². The van der Waals surface area contributed by atoms with E-state index in [9.17, 15) is 0 Å². The van der Waals surface area contributed by atoms with Crippen LogP contribution in [0.25, 0.3) is 0 Å². The fourth-order valence-electron chi connectivity index (χ4n) is 5.83. The van der Waals surface area contributed by atoms with Crippen LogP contribution in [0.15, 0.2) is 12.2 Å². The molecular formula is C18H29NO. The maximum absolute atomic E-state index is 5.41. The van der Waals surface area contributed by atoms with Crippen molar-refractivity contribution >= 4 is 0 Å². The van der Waals surface area contributed by atoms with Gasteiger partial charge >= 0.3 is 0 Å². The Hall–Kier alpha value is -0.340. The third kappa shape index (κ3) is 2.69. The van der Waals surface area contributed by atoms with Crippen molar-refractivity contribution in [1.29, 1.82) is 0 Å². The molecule has 0 spiro atoms. The summed E-state index contributed by atoms with van der Waals surface area (Å²) in [7, 11) is 0. The van der Waals surface area contributed by atoms with Crippen LogP contribution >= 0.6 is 0 Å². The minimum atomic E-state index is 0.603. The summed E-state index contributed by atoms with van der Waals surface area (Å²) in [5.41, 5.74) is 0.603. The van der Waals surface area contributed by atoms with Gasteiger partial charge in [-0.15, -0.1) is 0 Å². The first-order valence-corrected chi connectivity index (χ1v) is 8.80. The molecule has 2 heteroatoms. The molecule has 1 N–H and O–H groups in total. The summed E-state index contributed by atoms with van der Waals surface area (Å²) < 4.78 is 5.41. The molecule has 4 aliphatic carbocycles. The Morgan fingerprint density at radius 2 is 1.55 bits per heavy atom. The molecule has 4 saturated carbocycles. The highest BCUT2D eigenvalue weighted by atomic mass is 16.5. The smallest absolute Gasteiger partial charge is 0.0480 e.